The number of hydrogen-bond donors (Lipinski definition) is 0. The summed E-state index contributed by atoms with van der Waals surface area (Å²) in [4.78, 5) is 15.3. The molecule has 0 N–H and O–H groups in total. The van der Waals surface area contributed by atoms with E-state index in [4.69, 9.17) is 0 Å². The van der Waals surface area contributed by atoms with E-state index in [2.05, 4.69) is 38.1 Å². The van der Waals surface area contributed by atoms with E-state index in [1.165, 1.54) is 11.1 Å². The SMILES string of the molecule is CN(Cc1ccc(Br)s1)Cn1ncc(=O)c2ccccc21. The summed E-state index contributed by atoms with van der Waals surface area (Å²) in [6, 6.07) is 11.7. The Morgan fingerprint density at radius 3 is 2.86 bits per heavy atom. The third-order valence-electron chi connectivity index (χ3n) is 3.19. The third-order valence-corrected chi connectivity index (χ3v) is 4.80. The molecule has 2 heterocycles. The average molecular weight is 364 g/mol. The van der Waals surface area contributed by atoms with E-state index in [-0.39, 0.29) is 5.43 Å². The third kappa shape index (κ3) is 3.23. The second-order valence-electron chi connectivity index (χ2n) is 4.89. The van der Waals surface area contributed by atoms with Gasteiger partial charge in [0.2, 0.25) is 5.43 Å². The highest BCUT2D eigenvalue weighted by Gasteiger charge is 2.07. The fraction of sp³-hybridized carbons (Fsp3) is 0.200. The van der Waals surface area contributed by atoms with Crippen molar-refractivity contribution in [2.45, 2.75) is 13.2 Å². The van der Waals surface area contributed by atoms with Crippen molar-refractivity contribution in [3.8, 4) is 0 Å². The number of para-hydroxylation sites is 1. The Labute approximate surface area is 134 Å². The Balaban J connectivity index is 1.84. The normalized spacial score (nSPS) is 11.4. The number of nitrogens with zero attached hydrogens (tertiary/aromatic N) is 3. The van der Waals surface area contributed by atoms with E-state index in [1.54, 1.807) is 11.3 Å². The molecule has 0 aliphatic rings. The first-order valence-corrected chi connectivity index (χ1v) is 8.12. The Morgan fingerprint density at radius 2 is 2.10 bits per heavy atom. The van der Waals surface area contributed by atoms with Crippen LogP contribution in [0, 0.1) is 0 Å². The molecule has 21 heavy (non-hydrogen) atoms. The highest BCUT2D eigenvalue weighted by atomic mass is 79.9. The van der Waals surface area contributed by atoms with E-state index in [0.717, 1.165) is 15.8 Å². The minimum atomic E-state index is -0.0355. The molecule has 0 aliphatic heterocycles. The molecule has 0 fully saturated rings. The molecule has 4 nitrogen and oxygen atoms in total. The summed E-state index contributed by atoms with van der Waals surface area (Å²) < 4.78 is 3.00. The molecule has 1 aromatic carbocycles. The summed E-state index contributed by atoms with van der Waals surface area (Å²) >= 11 is 5.21. The molecule has 0 radical (unpaired) electrons. The Morgan fingerprint density at radius 1 is 1.29 bits per heavy atom. The van der Waals surface area contributed by atoms with Gasteiger partial charge in [-0.2, -0.15) is 5.10 Å². The van der Waals surface area contributed by atoms with Gasteiger partial charge in [-0.1, -0.05) is 12.1 Å². The fourth-order valence-corrected chi connectivity index (χ4v) is 3.82. The predicted octanol–water partition coefficient (Wildman–Crippen LogP) is 3.31. The van der Waals surface area contributed by atoms with Gasteiger partial charge < -0.3 is 0 Å². The molecule has 6 heteroatoms. The average Bonchev–Trinajstić information content (AvgIpc) is 2.87. The van der Waals surface area contributed by atoms with Gasteiger partial charge in [0.05, 0.1) is 22.2 Å². The molecule has 0 unspecified atom stereocenters. The lowest BCUT2D eigenvalue weighted by Gasteiger charge is -2.18. The molecule has 0 saturated carbocycles. The smallest absolute Gasteiger partial charge is 0.207 e. The minimum Gasteiger partial charge on any atom is -0.287 e. The van der Waals surface area contributed by atoms with Crippen molar-refractivity contribution in [2.75, 3.05) is 7.05 Å². The maximum Gasteiger partial charge on any atom is 0.207 e. The first-order chi connectivity index (χ1) is 10.1. The predicted molar refractivity (Wildman–Crippen MR) is 89.5 cm³/mol. The molecule has 2 aromatic heterocycles. The molecular formula is C15H14BrN3OS. The van der Waals surface area contributed by atoms with Crippen LogP contribution in [0.3, 0.4) is 0 Å². The number of rotatable bonds is 4. The summed E-state index contributed by atoms with van der Waals surface area (Å²) in [5.74, 6) is 0. The monoisotopic (exact) mass is 363 g/mol. The van der Waals surface area contributed by atoms with Gasteiger partial charge in [0.1, 0.15) is 0 Å². The number of thiophene rings is 1. The molecular weight excluding hydrogens is 350 g/mol. The molecule has 3 rings (SSSR count). The first-order valence-electron chi connectivity index (χ1n) is 6.51. The van der Waals surface area contributed by atoms with Crippen LogP contribution in [0.5, 0.6) is 0 Å². The van der Waals surface area contributed by atoms with Gasteiger partial charge in [-0.05, 0) is 47.2 Å². The van der Waals surface area contributed by atoms with E-state index in [1.807, 2.05) is 36.0 Å². The van der Waals surface area contributed by atoms with Crippen molar-refractivity contribution < 1.29 is 0 Å². The molecule has 0 saturated heterocycles. The van der Waals surface area contributed by atoms with E-state index < -0.39 is 0 Å². The number of hydrogen-bond acceptors (Lipinski definition) is 4. The van der Waals surface area contributed by atoms with Crippen LogP contribution >= 0.6 is 27.3 Å². The van der Waals surface area contributed by atoms with Gasteiger partial charge in [-0.3, -0.25) is 14.4 Å². The van der Waals surface area contributed by atoms with Gasteiger partial charge in [0, 0.05) is 16.8 Å². The van der Waals surface area contributed by atoms with Gasteiger partial charge in [-0.15, -0.1) is 11.3 Å². The molecule has 0 atom stereocenters. The quantitative estimate of drug-likeness (QED) is 0.713. The summed E-state index contributed by atoms with van der Waals surface area (Å²) in [6.07, 6.45) is 1.39. The number of halogens is 1. The highest BCUT2D eigenvalue weighted by molar-refractivity contribution is 9.11. The van der Waals surface area contributed by atoms with Crippen LogP contribution in [0.15, 0.2) is 51.2 Å². The number of benzene rings is 1. The summed E-state index contributed by atoms with van der Waals surface area (Å²) in [6.45, 7) is 1.48. The number of aromatic nitrogens is 2. The van der Waals surface area contributed by atoms with Crippen molar-refractivity contribution >= 4 is 38.2 Å². The van der Waals surface area contributed by atoms with Crippen LogP contribution in [0.2, 0.25) is 0 Å². The van der Waals surface area contributed by atoms with Crippen molar-refractivity contribution in [3.05, 3.63) is 61.5 Å². The maximum atomic E-state index is 11.8. The molecule has 108 valence electrons. The van der Waals surface area contributed by atoms with E-state index in [0.29, 0.717) is 12.1 Å². The first kappa shape index (κ1) is 14.4. The number of fused-ring (bicyclic) bond motifs is 1. The minimum absolute atomic E-state index is 0.0355. The van der Waals surface area contributed by atoms with Crippen molar-refractivity contribution in [1.29, 1.82) is 0 Å². The molecule has 0 spiro atoms. The highest BCUT2D eigenvalue weighted by Crippen LogP contribution is 2.23. The van der Waals surface area contributed by atoms with E-state index in [9.17, 15) is 4.79 Å². The zero-order valence-corrected chi connectivity index (χ0v) is 13.9. The largest absolute Gasteiger partial charge is 0.287 e. The summed E-state index contributed by atoms with van der Waals surface area (Å²) in [5.41, 5.74) is 0.830. The van der Waals surface area contributed by atoms with Gasteiger partial charge in [-0.25, -0.2) is 0 Å². The lowest BCUT2D eigenvalue weighted by Crippen LogP contribution is -2.24. The van der Waals surface area contributed by atoms with Crippen LogP contribution in [-0.2, 0) is 13.2 Å². The fourth-order valence-electron chi connectivity index (χ4n) is 2.26. The van der Waals surface area contributed by atoms with Crippen molar-refractivity contribution in [1.82, 2.24) is 14.7 Å². The molecule has 0 bridgehead atoms. The Hall–Kier alpha value is -1.50. The van der Waals surface area contributed by atoms with Crippen LogP contribution in [0.25, 0.3) is 10.9 Å². The van der Waals surface area contributed by atoms with Crippen LogP contribution in [0.1, 0.15) is 4.88 Å². The lowest BCUT2D eigenvalue weighted by atomic mass is 10.2. The molecule has 3 aromatic rings. The molecule has 0 aliphatic carbocycles. The van der Waals surface area contributed by atoms with Gasteiger partial charge >= 0.3 is 0 Å². The zero-order valence-electron chi connectivity index (χ0n) is 11.5. The van der Waals surface area contributed by atoms with Gasteiger partial charge in [0.25, 0.3) is 0 Å². The van der Waals surface area contributed by atoms with Crippen molar-refractivity contribution in [3.63, 3.8) is 0 Å². The lowest BCUT2D eigenvalue weighted by molar-refractivity contribution is 0.251. The van der Waals surface area contributed by atoms with Crippen molar-refractivity contribution in [2.24, 2.45) is 0 Å². The molecule has 0 amide bonds. The van der Waals surface area contributed by atoms with E-state index >= 15 is 0 Å². The topological polar surface area (TPSA) is 38.1 Å². The Kier molecular flexibility index (Phi) is 4.19. The standard InChI is InChI=1S/C15H14BrN3OS/c1-18(9-11-6-7-15(16)21-11)10-19-13-5-3-2-4-12(13)14(20)8-17-19/h2-8H,9-10H2,1H3. The van der Waals surface area contributed by atoms with Crippen LogP contribution in [0.4, 0.5) is 0 Å². The van der Waals surface area contributed by atoms with Crippen LogP contribution < -0.4 is 5.43 Å². The summed E-state index contributed by atoms with van der Waals surface area (Å²) in [5, 5.41) is 4.96. The van der Waals surface area contributed by atoms with Gasteiger partial charge in [0.15, 0.2) is 0 Å². The van der Waals surface area contributed by atoms with Crippen LogP contribution in [-0.4, -0.2) is 21.7 Å². The second kappa shape index (κ2) is 6.09. The summed E-state index contributed by atoms with van der Waals surface area (Å²) in [7, 11) is 2.04. The second-order valence-corrected chi connectivity index (χ2v) is 7.43. The Bertz CT molecular complexity index is 827. The maximum absolute atomic E-state index is 11.8. The zero-order chi connectivity index (χ0) is 14.8.